The summed E-state index contributed by atoms with van der Waals surface area (Å²) in [6, 6.07) is 2.90. The number of nitrogens with zero attached hydrogens (tertiary/aromatic N) is 1. The summed E-state index contributed by atoms with van der Waals surface area (Å²) < 4.78 is 36.8. The van der Waals surface area contributed by atoms with Gasteiger partial charge in [-0.15, -0.1) is 11.3 Å². The molecule has 3 nitrogen and oxygen atoms in total. The number of rotatable bonds is 1. The summed E-state index contributed by atoms with van der Waals surface area (Å²) in [7, 11) is -3.37. The van der Waals surface area contributed by atoms with Gasteiger partial charge in [0.2, 0.25) is 14.2 Å². The Morgan fingerprint density at radius 2 is 2.13 bits per heavy atom. The van der Waals surface area contributed by atoms with Gasteiger partial charge < -0.3 is 0 Å². The Balaban J connectivity index is 2.82. The first-order valence-electron chi connectivity index (χ1n) is 3.83. The molecule has 2 aromatic rings. The highest BCUT2D eigenvalue weighted by atomic mass is 79.9. The second-order valence-electron chi connectivity index (χ2n) is 2.99. The van der Waals surface area contributed by atoms with Crippen LogP contribution in [0.1, 0.15) is 0 Å². The van der Waals surface area contributed by atoms with Crippen LogP contribution in [0.2, 0.25) is 0 Å². The Morgan fingerprint density at radius 3 is 2.73 bits per heavy atom. The van der Waals surface area contributed by atoms with Gasteiger partial charge >= 0.3 is 0 Å². The number of thiazole rings is 1. The van der Waals surface area contributed by atoms with Crippen LogP contribution in [0.4, 0.5) is 4.39 Å². The minimum atomic E-state index is -3.37. The molecule has 0 radical (unpaired) electrons. The number of aromatic nitrogens is 1. The van der Waals surface area contributed by atoms with E-state index in [9.17, 15) is 12.8 Å². The molecule has 0 amide bonds. The first kappa shape index (κ1) is 11.0. The minimum Gasteiger partial charge on any atom is -0.222 e. The third-order valence-corrected chi connectivity index (χ3v) is 4.85. The third-order valence-electron chi connectivity index (χ3n) is 1.71. The van der Waals surface area contributed by atoms with Crippen LogP contribution in [-0.2, 0) is 9.84 Å². The fourth-order valence-corrected chi connectivity index (χ4v) is 3.56. The molecule has 0 spiro atoms. The van der Waals surface area contributed by atoms with E-state index in [1.54, 1.807) is 6.07 Å². The lowest BCUT2D eigenvalue weighted by Crippen LogP contribution is -1.95. The fourth-order valence-electron chi connectivity index (χ4n) is 1.10. The average molecular weight is 310 g/mol. The van der Waals surface area contributed by atoms with Crippen molar-refractivity contribution >= 4 is 47.3 Å². The summed E-state index contributed by atoms with van der Waals surface area (Å²) in [6.45, 7) is 0. The van der Waals surface area contributed by atoms with Gasteiger partial charge in [0, 0.05) is 10.7 Å². The lowest BCUT2D eigenvalue weighted by molar-refractivity contribution is 0.601. The number of fused-ring (bicyclic) bond motifs is 1. The Labute approximate surface area is 98.0 Å². The van der Waals surface area contributed by atoms with Crippen molar-refractivity contribution in [1.29, 1.82) is 0 Å². The number of hydrogen-bond donors (Lipinski definition) is 0. The van der Waals surface area contributed by atoms with Crippen molar-refractivity contribution in [3.8, 4) is 0 Å². The Morgan fingerprint density at radius 1 is 1.47 bits per heavy atom. The van der Waals surface area contributed by atoms with Gasteiger partial charge in [-0.1, -0.05) is 15.9 Å². The number of halogens is 2. The summed E-state index contributed by atoms with van der Waals surface area (Å²) in [5, 5.41) is 0. The van der Waals surface area contributed by atoms with Gasteiger partial charge in [-0.3, -0.25) is 0 Å². The van der Waals surface area contributed by atoms with Gasteiger partial charge in [0.25, 0.3) is 0 Å². The number of sulfone groups is 1. The topological polar surface area (TPSA) is 47.0 Å². The van der Waals surface area contributed by atoms with Gasteiger partial charge in [0.05, 0.1) is 4.70 Å². The predicted octanol–water partition coefficient (Wildman–Crippen LogP) is 2.60. The molecule has 0 saturated carbocycles. The molecule has 0 unspecified atom stereocenters. The Kier molecular flexibility index (Phi) is 2.56. The van der Waals surface area contributed by atoms with E-state index in [-0.39, 0.29) is 9.86 Å². The Bertz CT molecular complexity index is 635. The highest BCUT2D eigenvalue weighted by molar-refractivity contribution is 9.10. The molecule has 1 heterocycles. The van der Waals surface area contributed by atoms with Crippen LogP contribution in [0.25, 0.3) is 10.2 Å². The van der Waals surface area contributed by atoms with E-state index in [1.165, 1.54) is 6.07 Å². The van der Waals surface area contributed by atoms with Crippen LogP contribution in [0.15, 0.2) is 20.9 Å². The van der Waals surface area contributed by atoms with Crippen LogP contribution in [0.3, 0.4) is 0 Å². The van der Waals surface area contributed by atoms with Crippen molar-refractivity contribution < 1.29 is 12.8 Å². The summed E-state index contributed by atoms with van der Waals surface area (Å²) in [5.74, 6) is -0.523. The van der Waals surface area contributed by atoms with Gasteiger partial charge in [-0.2, -0.15) is 0 Å². The SMILES string of the molecule is CS(=O)(=O)c1nc2c(F)cc(Br)cc2s1. The standard InChI is InChI=1S/C8H5BrFNO2S2/c1-15(12,13)8-11-7-5(10)2-4(9)3-6(7)14-8/h2-3H,1H3. The second kappa shape index (κ2) is 3.50. The first-order valence-corrected chi connectivity index (χ1v) is 7.33. The summed E-state index contributed by atoms with van der Waals surface area (Å²) in [6.07, 6.45) is 1.05. The molecule has 1 aromatic carbocycles. The molecule has 0 atom stereocenters. The summed E-state index contributed by atoms with van der Waals surface area (Å²) >= 11 is 4.10. The van der Waals surface area contributed by atoms with Gasteiger partial charge in [-0.25, -0.2) is 17.8 Å². The minimum absolute atomic E-state index is 0.0606. The predicted molar refractivity (Wildman–Crippen MR) is 60.4 cm³/mol. The van der Waals surface area contributed by atoms with Crippen LogP contribution >= 0.6 is 27.3 Å². The Hall–Kier alpha value is -0.530. The number of hydrogen-bond acceptors (Lipinski definition) is 4. The largest absolute Gasteiger partial charge is 0.222 e. The molecule has 0 aliphatic heterocycles. The monoisotopic (exact) mass is 309 g/mol. The molecule has 2 rings (SSSR count). The van der Waals surface area contributed by atoms with E-state index in [2.05, 4.69) is 20.9 Å². The van der Waals surface area contributed by atoms with Gasteiger partial charge in [0.15, 0.2) is 5.82 Å². The average Bonchev–Trinajstić information content (AvgIpc) is 2.46. The molecule has 0 fully saturated rings. The highest BCUT2D eigenvalue weighted by Gasteiger charge is 2.16. The van der Waals surface area contributed by atoms with Gasteiger partial charge in [-0.05, 0) is 12.1 Å². The maximum Gasteiger partial charge on any atom is 0.210 e. The number of benzene rings is 1. The van der Waals surface area contributed by atoms with E-state index < -0.39 is 15.7 Å². The molecular formula is C8H5BrFNO2S2. The maximum atomic E-state index is 13.4. The molecule has 0 aliphatic rings. The lowest BCUT2D eigenvalue weighted by Gasteiger charge is -1.91. The molecule has 1 aromatic heterocycles. The smallest absolute Gasteiger partial charge is 0.210 e. The van der Waals surface area contributed by atoms with Crippen molar-refractivity contribution in [1.82, 2.24) is 4.98 Å². The quantitative estimate of drug-likeness (QED) is 0.813. The van der Waals surface area contributed by atoms with Crippen LogP contribution in [0, 0.1) is 5.82 Å². The first-order chi connectivity index (χ1) is 6.88. The summed E-state index contributed by atoms with van der Waals surface area (Å²) in [5.41, 5.74) is 0.101. The van der Waals surface area contributed by atoms with Crippen LogP contribution in [-0.4, -0.2) is 19.7 Å². The second-order valence-corrected chi connectivity index (χ2v) is 7.12. The van der Waals surface area contributed by atoms with E-state index in [4.69, 9.17) is 0 Å². The molecule has 80 valence electrons. The molecule has 0 saturated heterocycles. The zero-order valence-corrected chi connectivity index (χ0v) is 10.7. The van der Waals surface area contributed by atoms with Gasteiger partial charge in [0.1, 0.15) is 5.52 Å². The molecule has 0 N–H and O–H groups in total. The third kappa shape index (κ3) is 2.04. The zero-order valence-electron chi connectivity index (χ0n) is 7.49. The maximum absolute atomic E-state index is 13.4. The highest BCUT2D eigenvalue weighted by Crippen LogP contribution is 2.29. The molecule has 15 heavy (non-hydrogen) atoms. The van der Waals surface area contributed by atoms with Crippen molar-refractivity contribution in [3.63, 3.8) is 0 Å². The van der Waals surface area contributed by atoms with E-state index >= 15 is 0 Å². The fraction of sp³-hybridized carbons (Fsp3) is 0.125. The zero-order chi connectivity index (χ0) is 11.2. The van der Waals surface area contributed by atoms with Crippen LogP contribution < -0.4 is 0 Å². The normalized spacial score (nSPS) is 12.2. The van der Waals surface area contributed by atoms with E-state index in [0.717, 1.165) is 17.6 Å². The van der Waals surface area contributed by atoms with E-state index in [0.29, 0.717) is 9.17 Å². The van der Waals surface area contributed by atoms with E-state index in [1.807, 2.05) is 0 Å². The van der Waals surface area contributed by atoms with Crippen molar-refractivity contribution in [2.24, 2.45) is 0 Å². The molecule has 7 heteroatoms. The summed E-state index contributed by atoms with van der Waals surface area (Å²) in [4.78, 5) is 3.76. The molecule has 0 bridgehead atoms. The van der Waals surface area contributed by atoms with Crippen LogP contribution in [0.5, 0.6) is 0 Å². The van der Waals surface area contributed by atoms with Crippen molar-refractivity contribution in [2.75, 3.05) is 6.26 Å². The lowest BCUT2D eigenvalue weighted by atomic mass is 10.3. The molecular weight excluding hydrogens is 305 g/mol. The van der Waals surface area contributed by atoms with Crippen molar-refractivity contribution in [3.05, 3.63) is 22.4 Å². The van der Waals surface area contributed by atoms with Crippen molar-refractivity contribution in [2.45, 2.75) is 4.34 Å². The molecule has 0 aliphatic carbocycles.